The van der Waals surface area contributed by atoms with Gasteiger partial charge in [0.2, 0.25) is 0 Å². The summed E-state index contributed by atoms with van der Waals surface area (Å²) in [5, 5.41) is 0. The highest BCUT2D eigenvalue weighted by atomic mass is 32.2. The lowest BCUT2D eigenvalue weighted by molar-refractivity contribution is 0.0691. The molecular weight excluding hydrogens is 402 g/mol. The molecule has 2 aromatic carbocycles. The van der Waals surface area contributed by atoms with E-state index in [1.54, 1.807) is 11.0 Å². The van der Waals surface area contributed by atoms with Crippen molar-refractivity contribution in [2.24, 2.45) is 0 Å². The number of amides is 1. The first-order valence-corrected chi connectivity index (χ1v) is 11.7. The quantitative estimate of drug-likeness (QED) is 0.644. The second-order valence-corrected chi connectivity index (χ2v) is 8.97. The lowest BCUT2D eigenvalue weighted by atomic mass is 10.1. The van der Waals surface area contributed by atoms with E-state index in [1.165, 1.54) is 8.61 Å². The number of benzene rings is 2. The summed E-state index contributed by atoms with van der Waals surface area (Å²) in [7, 11) is -3.48. The Kier molecular flexibility index (Phi) is 7.47. The minimum absolute atomic E-state index is 0.0952. The van der Waals surface area contributed by atoms with Gasteiger partial charge in [0.25, 0.3) is 16.1 Å². The first-order valence-electron chi connectivity index (χ1n) is 10.3. The van der Waals surface area contributed by atoms with Gasteiger partial charge in [0.15, 0.2) is 0 Å². The third-order valence-electron chi connectivity index (χ3n) is 5.27. The van der Waals surface area contributed by atoms with Crippen molar-refractivity contribution in [1.82, 2.24) is 13.5 Å². The van der Waals surface area contributed by atoms with Crippen LogP contribution in [0.1, 0.15) is 29.8 Å². The van der Waals surface area contributed by atoms with Gasteiger partial charge in [-0.3, -0.25) is 4.79 Å². The molecule has 7 nitrogen and oxygen atoms in total. The van der Waals surface area contributed by atoms with Crippen LogP contribution in [0.5, 0.6) is 5.75 Å². The van der Waals surface area contributed by atoms with Gasteiger partial charge in [-0.05, 0) is 18.2 Å². The van der Waals surface area contributed by atoms with E-state index in [0.29, 0.717) is 51.4 Å². The minimum Gasteiger partial charge on any atom is -0.489 e. The highest BCUT2D eigenvalue weighted by Crippen LogP contribution is 2.18. The summed E-state index contributed by atoms with van der Waals surface area (Å²) in [4.78, 5) is 14.8. The molecular formula is C22H29N3O4S. The standard InChI is InChI=1S/C22H29N3O4S/c1-3-24(4-2)30(27,28)25-16-14-23(15-17-25)22(26)21-13-9-8-10-19(21)18-29-20-11-6-5-7-12-20/h5-13H,3-4,14-18H2,1-2H3. The van der Waals surface area contributed by atoms with Crippen LogP contribution in [0.2, 0.25) is 0 Å². The van der Waals surface area contributed by atoms with Crippen molar-refractivity contribution in [2.75, 3.05) is 39.3 Å². The van der Waals surface area contributed by atoms with E-state index in [0.717, 1.165) is 11.3 Å². The van der Waals surface area contributed by atoms with Crippen molar-refractivity contribution in [3.05, 3.63) is 65.7 Å². The SMILES string of the molecule is CCN(CC)S(=O)(=O)N1CCN(C(=O)c2ccccc2COc2ccccc2)CC1. The Morgan fingerprint density at radius 3 is 2.17 bits per heavy atom. The predicted molar refractivity (Wildman–Crippen MR) is 117 cm³/mol. The molecule has 0 radical (unpaired) electrons. The molecule has 1 aliphatic heterocycles. The van der Waals surface area contributed by atoms with Crippen LogP contribution in [0, 0.1) is 0 Å². The molecule has 0 aromatic heterocycles. The Morgan fingerprint density at radius 1 is 0.933 bits per heavy atom. The Hall–Kier alpha value is -2.42. The van der Waals surface area contributed by atoms with E-state index in [1.807, 2.05) is 62.4 Å². The summed E-state index contributed by atoms with van der Waals surface area (Å²) in [6.07, 6.45) is 0. The van der Waals surface area contributed by atoms with E-state index >= 15 is 0 Å². The molecule has 162 valence electrons. The monoisotopic (exact) mass is 431 g/mol. The molecule has 8 heteroatoms. The Labute approximate surface area is 179 Å². The van der Waals surface area contributed by atoms with Gasteiger partial charge in [-0.1, -0.05) is 50.2 Å². The Morgan fingerprint density at radius 2 is 1.53 bits per heavy atom. The van der Waals surface area contributed by atoms with Crippen molar-refractivity contribution < 1.29 is 17.9 Å². The first kappa shape index (κ1) is 22.3. The molecule has 0 spiro atoms. The van der Waals surface area contributed by atoms with Gasteiger partial charge in [-0.15, -0.1) is 0 Å². The van der Waals surface area contributed by atoms with Crippen molar-refractivity contribution in [2.45, 2.75) is 20.5 Å². The molecule has 1 fully saturated rings. The highest BCUT2D eigenvalue weighted by molar-refractivity contribution is 7.86. The molecule has 1 amide bonds. The molecule has 30 heavy (non-hydrogen) atoms. The first-order chi connectivity index (χ1) is 14.5. The van der Waals surface area contributed by atoms with E-state index in [2.05, 4.69) is 0 Å². The van der Waals surface area contributed by atoms with Crippen LogP contribution in [0.15, 0.2) is 54.6 Å². The number of para-hydroxylation sites is 1. The normalized spacial score (nSPS) is 15.4. The molecule has 0 unspecified atom stereocenters. The maximum Gasteiger partial charge on any atom is 0.282 e. The molecule has 2 aromatic rings. The van der Waals surface area contributed by atoms with Crippen LogP contribution in [-0.2, 0) is 16.8 Å². The van der Waals surface area contributed by atoms with E-state index in [4.69, 9.17) is 4.74 Å². The number of hydrogen-bond donors (Lipinski definition) is 0. The minimum atomic E-state index is -3.48. The molecule has 1 saturated heterocycles. The average molecular weight is 432 g/mol. The van der Waals surface area contributed by atoms with Crippen LogP contribution < -0.4 is 4.74 Å². The number of carbonyl (C=O) groups is 1. The third-order valence-corrected chi connectivity index (χ3v) is 7.46. The second kappa shape index (κ2) is 10.1. The fraction of sp³-hybridized carbons (Fsp3) is 0.409. The van der Waals surface area contributed by atoms with Crippen molar-refractivity contribution in [1.29, 1.82) is 0 Å². The maximum atomic E-state index is 13.1. The molecule has 0 N–H and O–H groups in total. The van der Waals surface area contributed by atoms with E-state index in [9.17, 15) is 13.2 Å². The zero-order valence-corrected chi connectivity index (χ0v) is 18.3. The molecule has 3 rings (SSSR count). The smallest absolute Gasteiger partial charge is 0.282 e. The van der Waals surface area contributed by atoms with Crippen LogP contribution in [-0.4, -0.2) is 67.1 Å². The summed E-state index contributed by atoms with van der Waals surface area (Å²) < 4.78 is 34.1. The largest absolute Gasteiger partial charge is 0.489 e. The van der Waals surface area contributed by atoms with Gasteiger partial charge in [0.05, 0.1) is 0 Å². The number of rotatable bonds is 8. The molecule has 0 bridgehead atoms. The van der Waals surface area contributed by atoms with Crippen molar-refractivity contribution in [3.8, 4) is 5.75 Å². The molecule has 0 aliphatic carbocycles. The Bertz CT molecular complexity index is 938. The molecule has 1 aliphatic rings. The van der Waals surface area contributed by atoms with Crippen LogP contribution >= 0.6 is 0 Å². The summed E-state index contributed by atoms with van der Waals surface area (Å²) in [6, 6.07) is 16.9. The lowest BCUT2D eigenvalue weighted by Crippen LogP contribution is -2.54. The van der Waals surface area contributed by atoms with E-state index in [-0.39, 0.29) is 5.91 Å². The lowest BCUT2D eigenvalue weighted by Gasteiger charge is -2.36. The van der Waals surface area contributed by atoms with Gasteiger partial charge in [-0.2, -0.15) is 17.0 Å². The second-order valence-electron chi connectivity index (χ2n) is 7.04. The molecule has 0 saturated carbocycles. The summed E-state index contributed by atoms with van der Waals surface area (Å²) in [5.41, 5.74) is 1.40. The number of hydrogen-bond acceptors (Lipinski definition) is 4. The van der Waals surface area contributed by atoms with Crippen LogP contribution in [0.25, 0.3) is 0 Å². The van der Waals surface area contributed by atoms with Crippen LogP contribution in [0.3, 0.4) is 0 Å². The topological polar surface area (TPSA) is 70.2 Å². The van der Waals surface area contributed by atoms with Crippen molar-refractivity contribution in [3.63, 3.8) is 0 Å². The number of carbonyl (C=O) groups excluding carboxylic acids is 1. The summed E-state index contributed by atoms with van der Waals surface area (Å²) >= 11 is 0. The number of piperazine rings is 1. The Balaban J connectivity index is 1.66. The van der Waals surface area contributed by atoms with E-state index < -0.39 is 10.2 Å². The summed E-state index contributed by atoms with van der Waals surface area (Å²) in [5.74, 6) is 0.650. The highest BCUT2D eigenvalue weighted by Gasteiger charge is 2.32. The fourth-order valence-corrected chi connectivity index (χ4v) is 5.14. The van der Waals surface area contributed by atoms with Gasteiger partial charge in [0, 0.05) is 50.4 Å². The zero-order chi connectivity index (χ0) is 21.6. The fourth-order valence-electron chi connectivity index (χ4n) is 3.54. The van der Waals surface area contributed by atoms with Crippen molar-refractivity contribution >= 4 is 16.1 Å². The zero-order valence-electron chi connectivity index (χ0n) is 17.5. The number of ether oxygens (including phenoxy) is 1. The average Bonchev–Trinajstić information content (AvgIpc) is 2.79. The third kappa shape index (κ3) is 5.00. The van der Waals surface area contributed by atoms with Gasteiger partial charge < -0.3 is 9.64 Å². The predicted octanol–water partition coefficient (Wildman–Crippen LogP) is 2.61. The van der Waals surface area contributed by atoms with Gasteiger partial charge in [0.1, 0.15) is 12.4 Å². The van der Waals surface area contributed by atoms with Gasteiger partial charge >= 0.3 is 0 Å². The maximum absolute atomic E-state index is 13.1. The van der Waals surface area contributed by atoms with Gasteiger partial charge in [-0.25, -0.2) is 0 Å². The molecule has 0 atom stereocenters. The van der Waals surface area contributed by atoms with Crippen LogP contribution in [0.4, 0.5) is 0 Å². The number of nitrogens with zero attached hydrogens (tertiary/aromatic N) is 3. The summed E-state index contributed by atoms with van der Waals surface area (Å²) in [6.45, 7) is 6.16. The molecule has 1 heterocycles.